The smallest absolute Gasteiger partial charge is 0.186 e. The van der Waals surface area contributed by atoms with Crippen LogP contribution in [-0.2, 0) is 43.5 Å². The van der Waals surface area contributed by atoms with Crippen molar-refractivity contribution in [3.8, 4) is 0 Å². The van der Waals surface area contributed by atoms with Gasteiger partial charge in [0, 0.05) is 7.11 Å². The van der Waals surface area contributed by atoms with Gasteiger partial charge >= 0.3 is 0 Å². The van der Waals surface area contributed by atoms with Gasteiger partial charge in [0.25, 0.3) is 0 Å². The number of ether oxygens (including phenoxy) is 5. The molecule has 1 aliphatic rings. The van der Waals surface area contributed by atoms with Crippen LogP contribution in [-0.4, -0.2) is 60.7 Å². The lowest BCUT2D eigenvalue weighted by atomic mass is 9.94. The minimum absolute atomic E-state index is 0.276. The second-order valence-corrected chi connectivity index (χ2v) is 8.74. The second-order valence-electron chi connectivity index (χ2n) is 8.74. The van der Waals surface area contributed by atoms with Gasteiger partial charge in [0.1, 0.15) is 30.5 Å². The summed E-state index contributed by atoms with van der Waals surface area (Å²) in [4.78, 5) is 0. The summed E-state index contributed by atoms with van der Waals surface area (Å²) in [5.41, 5.74) is 2.95. The van der Waals surface area contributed by atoms with Gasteiger partial charge in [-0.15, -0.1) is 0 Å². The molecule has 1 fully saturated rings. The van der Waals surface area contributed by atoms with Crippen molar-refractivity contribution < 1.29 is 33.9 Å². The molecule has 6 atom stereocenters. The molecule has 0 amide bonds. The average Bonchev–Trinajstić information content (AvgIpc) is 2.94. The van der Waals surface area contributed by atoms with Crippen molar-refractivity contribution in [3.63, 3.8) is 0 Å². The van der Waals surface area contributed by atoms with Gasteiger partial charge in [0.15, 0.2) is 6.29 Å². The van der Waals surface area contributed by atoms with E-state index < -0.39 is 43.4 Å². The van der Waals surface area contributed by atoms with E-state index in [0.717, 1.165) is 16.7 Å². The first kappa shape index (κ1) is 26.4. The minimum Gasteiger partial charge on any atom is -0.394 e. The molecule has 1 heterocycles. The second kappa shape index (κ2) is 13.6. The van der Waals surface area contributed by atoms with E-state index >= 15 is 0 Å². The molecule has 0 saturated carbocycles. The summed E-state index contributed by atoms with van der Waals surface area (Å²) < 4.78 is 30.8. The lowest BCUT2D eigenvalue weighted by molar-refractivity contribution is -0.330. The Morgan fingerprint density at radius 3 is 1.50 bits per heavy atom. The fourth-order valence-corrected chi connectivity index (χ4v) is 4.29. The predicted molar refractivity (Wildman–Crippen MR) is 134 cm³/mol. The van der Waals surface area contributed by atoms with Crippen LogP contribution >= 0.6 is 0 Å². The Kier molecular flexibility index (Phi) is 10.0. The third-order valence-corrected chi connectivity index (χ3v) is 6.19. The standard InChI is InChI=1S/C29H34O7/c1-32-29-28(35-20-23-15-9-4-10-16-23)27(34-19-22-13-7-3-8-14-22)26(25(36-29)24(31)17-30)33-18-21-11-5-2-6-12-21/h2-16,24-31H,17-20H2,1H3/t24-,25?,26+,27?,28?,29-/m0/s1. The highest BCUT2D eigenvalue weighted by atomic mass is 16.7. The van der Waals surface area contributed by atoms with Gasteiger partial charge in [-0.05, 0) is 16.7 Å². The summed E-state index contributed by atoms with van der Waals surface area (Å²) in [6.45, 7) is 0.407. The maximum absolute atomic E-state index is 10.7. The van der Waals surface area contributed by atoms with Gasteiger partial charge in [0.05, 0.1) is 26.4 Å². The monoisotopic (exact) mass is 494 g/mol. The Hall–Kier alpha value is -2.62. The molecule has 1 saturated heterocycles. The van der Waals surface area contributed by atoms with Crippen molar-refractivity contribution >= 4 is 0 Å². The molecule has 3 aromatic rings. The molecule has 0 aromatic heterocycles. The van der Waals surface area contributed by atoms with Crippen molar-refractivity contribution in [2.45, 2.75) is 56.6 Å². The largest absolute Gasteiger partial charge is 0.394 e. The van der Waals surface area contributed by atoms with E-state index in [1.807, 2.05) is 91.0 Å². The van der Waals surface area contributed by atoms with Crippen LogP contribution in [0.15, 0.2) is 91.0 Å². The number of hydrogen-bond acceptors (Lipinski definition) is 7. The summed E-state index contributed by atoms with van der Waals surface area (Å²) in [5.74, 6) is 0. The first-order chi connectivity index (χ1) is 17.7. The van der Waals surface area contributed by atoms with Gasteiger partial charge in [0.2, 0.25) is 0 Å². The first-order valence-corrected chi connectivity index (χ1v) is 12.1. The summed E-state index contributed by atoms with van der Waals surface area (Å²) >= 11 is 0. The molecule has 2 N–H and O–H groups in total. The summed E-state index contributed by atoms with van der Waals surface area (Å²) in [5, 5.41) is 20.4. The van der Waals surface area contributed by atoms with Crippen LogP contribution in [0.2, 0.25) is 0 Å². The van der Waals surface area contributed by atoms with Crippen LogP contribution in [0.3, 0.4) is 0 Å². The van der Waals surface area contributed by atoms with Crippen molar-refractivity contribution in [2.24, 2.45) is 0 Å². The normalized spacial score (nSPS) is 24.9. The topological polar surface area (TPSA) is 86.6 Å². The summed E-state index contributed by atoms with van der Waals surface area (Å²) in [7, 11) is 1.52. The Labute approximate surface area is 212 Å². The number of rotatable bonds is 12. The van der Waals surface area contributed by atoms with Crippen LogP contribution in [0, 0.1) is 0 Å². The molecule has 192 valence electrons. The van der Waals surface area contributed by atoms with Gasteiger partial charge in [-0.3, -0.25) is 0 Å². The lowest BCUT2D eigenvalue weighted by Crippen LogP contribution is -2.63. The summed E-state index contributed by atoms with van der Waals surface area (Å²) in [6, 6.07) is 29.4. The van der Waals surface area contributed by atoms with Crippen LogP contribution in [0.1, 0.15) is 16.7 Å². The predicted octanol–water partition coefficient (Wildman–Crippen LogP) is 3.47. The van der Waals surface area contributed by atoms with E-state index in [0.29, 0.717) is 13.2 Å². The Balaban J connectivity index is 1.61. The molecule has 7 heteroatoms. The van der Waals surface area contributed by atoms with Crippen molar-refractivity contribution in [1.29, 1.82) is 0 Å². The molecule has 0 spiro atoms. The third-order valence-electron chi connectivity index (χ3n) is 6.19. The lowest BCUT2D eigenvalue weighted by Gasteiger charge is -2.46. The molecule has 3 aromatic carbocycles. The zero-order valence-electron chi connectivity index (χ0n) is 20.4. The molecule has 36 heavy (non-hydrogen) atoms. The van der Waals surface area contributed by atoms with Gasteiger partial charge in [-0.25, -0.2) is 0 Å². The third kappa shape index (κ3) is 6.99. The van der Waals surface area contributed by atoms with Crippen molar-refractivity contribution in [1.82, 2.24) is 0 Å². The highest BCUT2D eigenvalue weighted by molar-refractivity contribution is 5.15. The van der Waals surface area contributed by atoms with Gasteiger partial charge < -0.3 is 33.9 Å². The Morgan fingerprint density at radius 2 is 1.08 bits per heavy atom. The number of methoxy groups -OCH3 is 1. The Morgan fingerprint density at radius 1 is 0.667 bits per heavy atom. The summed E-state index contributed by atoms with van der Waals surface area (Å²) in [6.07, 6.45) is -4.95. The highest BCUT2D eigenvalue weighted by Crippen LogP contribution is 2.32. The van der Waals surface area contributed by atoms with Crippen LogP contribution in [0.5, 0.6) is 0 Å². The van der Waals surface area contributed by atoms with Gasteiger partial charge in [-0.2, -0.15) is 0 Å². The number of aliphatic hydroxyl groups is 2. The fourth-order valence-electron chi connectivity index (χ4n) is 4.29. The minimum atomic E-state index is -1.19. The fraction of sp³-hybridized carbons (Fsp3) is 0.379. The molecule has 0 aliphatic carbocycles. The van der Waals surface area contributed by atoms with Crippen LogP contribution in [0.4, 0.5) is 0 Å². The zero-order chi connectivity index (χ0) is 25.2. The number of benzene rings is 3. The molecule has 3 unspecified atom stereocenters. The van der Waals surface area contributed by atoms with E-state index in [1.165, 1.54) is 7.11 Å². The highest BCUT2D eigenvalue weighted by Gasteiger charge is 2.50. The zero-order valence-corrected chi connectivity index (χ0v) is 20.4. The van der Waals surface area contributed by atoms with E-state index in [1.54, 1.807) is 0 Å². The molecule has 4 rings (SSSR count). The maximum Gasteiger partial charge on any atom is 0.186 e. The van der Waals surface area contributed by atoms with E-state index in [9.17, 15) is 10.2 Å². The molecule has 7 nitrogen and oxygen atoms in total. The van der Waals surface area contributed by atoms with E-state index in [4.69, 9.17) is 23.7 Å². The quantitative estimate of drug-likeness (QED) is 0.399. The van der Waals surface area contributed by atoms with Crippen LogP contribution in [0.25, 0.3) is 0 Å². The average molecular weight is 495 g/mol. The van der Waals surface area contributed by atoms with Crippen molar-refractivity contribution in [2.75, 3.05) is 13.7 Å². The van der Waals surface area contributed by atoms with E-state index in [-0.39, 0.29) is 6.61 Å². The molecular weight excluding hydrogens is 460 g/mol. The number of hydrogen-bond donors (Lipinski definition) is 2. The molecule has 0 radical (unpaired) electrons. The Bertz CT molecular complexity index is 1000. The first-order valence-electron chi connectivity index (χ1n) is 12.1. The SMILES string of the molecule is CO[C@H]1OC([C@@H](O)CO)[C@@H](OCc2ccccc2)C(OCc2ccccc2)C1OCc1ccccc1. The maximum atomic E-state index is 10.7. The van der Waals surface area contributed by atoms with E-state index in [2.05, 4.69) is 0 Å². The van der Waals surface area contributed by atoms with Crippen LogP contribution < -0.4 is 0 Å². The van der Waals surface area contributed by atoms with Crippen molar-refractivity contribution in [3.05, 3.63) is 108 Å². The number of aliphatic hydroxyl groups excluding tert-OH is 2. The molecule has 1 aliphatic heterocycles. The molecular formula is C29H34O7. The molecule has 0 bridgehead atoms. The van der Waals surface area contributed by atoms with Gasteiger partial charge in [-0.1, -0.05) is 91.0 Å².